The van der Waals surface area contributed by atoms with Crippen molar-refractivity contribution < 1.29 is 8.42 Å². The molecular formula is C26H26ClN5O2S. The second-order valence-electron chi connectivity index (χ2n) is 8.84. The zero-order valence-electron chi connectivity index (χ0n) is 19.0. The van der Waals surface area contributed by atoms with Crippen LogP contribution in [0.15, 0.2) is 77.8 Å². The van der Waals surface area contributed by atoms with Crippen molar-refractivity contribution in [1.82, 2.24) is 9.97 Å². The minimum absolute atomic E-state index is 0.0428. The first-order chi connectivity index (χ1) is 16.9. The maximum atomic E-state index is 12.7. The van der Waals surface area contributed by atoms with E-state index in [0.717, 1.165) is 47.7 Å². The zero-order chi connectivity index (χ0) is 24.4. The lowest BCUT2D eigenvalue weighted by Gasteiger charge is -2.26. The van der Waals surface area contributed by atoms with E-state index in [1.165, 1.54) is 6.07 Å². The molecule has 0 atom stereocenters. The molecule has 1 fully saturated rings. The highest BCUT2D eigenvalue weighted by Crippen LogP contribution is 2.28. The fraction of sp³-hybridized carbons (Fsp3) is 0.231. The summed E-state index contributed by atoms with van der Waals surface area (Å²) in [5.41, 5.74) is 9.26. The molecule has 1 heterocycles. The van der Waals surface area contributed by atoms with E-state index in [2.05, 4.69) is 20.0 Å². The third-order valence-corrected chi connectivity index (χ3v) is 8.16. The van der Waals surface area contributed by atoms with Gasteiger partial charge in [-0.2, -0.15) is 0 Å². The molecule has 1 aliphatic carbocycles. The average molecular weight is 508 g/mol. The number of rotatable bonds is 6. The third kappa shape index (κ3) is 5.40. The Labute approximate surface area is 209 Å². The van der Waals surface area contributed by atoms with Crippen LogP contribution in [0.25, 0.3) is 22.0 Å². The summed E-state index contributed by atoms with van der Waals surface area (Å²) < 4.78 is 27.9. The Kier molecular flexibility index (Phi) is 6.60. The van der Waals surface area contributed by atoms with Gasteiger partial charge in [-0.3, -0.25) is 4.72 Å². The summed E-state index contributed by atoms with van der Waals surface area (Å²) in [6.07, 6.45) is 5.94. The third-order valence-electron chi connectivity index (χ3n) is 6.28. The monoisotopic (exact) mass is 507 g/mol. The summed E-state index contributed by atoms with van der Waals surface area (Å²) in [7, 11) is -3.78. The van der Waals surface area contributed by atoms with Crippen molar-refractivity contribution in [3.05, 3.63) is 77.9 Å². The van der Waals surface area contributed by atoms with Crippen LogP contribution in [0.2, 0.25) is 5.02 Å². The number of hydrogen-bond donors (Lipinski definition) is 3. The molecule has 1 aliphatic rings. The van der Waals surface area contributed by atoms with Gasteiger partial charge in [-0.05, 0) is 73.2 Å². The van der Waals surface area contributed by atoms with Crippen LogP contribution in [-0.4, -0.2) is 30.5 Å². The Bertz CT molecular complexity index is 1450. The molecule has 0 bridgehead atoms. The highest BCUT2D eigenvalue weighted by Gasteiger charge is 2.19. The number of nitrogens with two attached hydrogens (primary N) is 1. The van der Waals surface area contributed by atoms with Crippen LogP contribution in [0.4, 0.5) is 11.6 Å². The lowest BCUT2D eigenvalue weighted by molar-refractivity contribution is 0.410. The smallest absolute Gasteiger partial charge is 0.263 e. The number of halogens is 1. The molecular weight excluding hydrogens is 482 g/mol. The highest BCUT2D eigenvalue weighted by molar-refractivity contribution is 7.92. The summed E-state index contributed by atoms with van der Waals surface area (Å²) in [5.74, 6) is 0.640. The SMILES string of the molecule is N[C@H]1CC[C@H](Nc2ncc3cc(-c4ccc(NS(=O)(=O)c5ccccc5Cl)cc4)ccc3n2)CC1. The normalized spacial score (nSPS) is 18.3. The zero-order valence-corrected chi connectivity index (χ0v) is 20.6. The summed E-state index contributed by atoms with van der Waals surface area (Å²) in [6, 6.07) is 20.2. The van der Waals surface area contributed by atoms with E-state index >= 15 is 0 Å². The fourth-order valence-electron chi connectivity index (χ4n) is 4.33. The maximum absolute atomic E-state index is 12.7. The highest BCUT2D eigenvalue weighted by atomic mass is 35.5. The molecule has 0 saturated heterocycles. The van der Waals surface area contributed by atoms with Crippen LogP contribution < -0.4 is 15.8 Å². The molecule has 0 aliphatic heterocycles. The molecule has 0 radical (unpaired) electrons. The van der Waals surface area contributed by atoms with Crippen molar-refractivity contribution in [2.75, 3.05) is 10.0 Å². The molecule has 5 rings (SSSR count). The van der Waals surface area contributed by atoms with Gasteiger partial charge in [-0.1, -0.05) is 41.9 Å². The van der Waals surface area contributed by atoms with Crippen molar-refractivity contribution in [2.45, 2.75) is 42.7 Å². The summed E-state index contributed by atoms with van der Waals surface area (Å²) in [4.78, 5) is 9.22. The Morgan fingerprint density at radius 1 is 0.914 bits per heavy atom. The van der Waals surface area contributed by atoms with E-state index in [1.807, 2.05) is 36.5 Å². The standard InChI is InChI=1S/C26H26ClN5O2S/c27-23-3-1-2-4-25(23)35(33,34)32-22-10-5-17(6-11-22)18-7-14-24-19(15-18)16-29-26(31-24)30-21-12-8-20(28)9-13-21/h1-7,10-11,14-16,20-21,32H,8-9,12-13,28H2,(H,29,30,31)/t20-,21-. The second-order valence-corrected chi connectivity index (χ2v) is 10.9. The summed E-state index contributed by atoms with van der Waals surface area (Å²) >= 11 is 6.05. The number of sulfonamides is 1. The molecule has 0 spiro atoms. The quantitative estimate of drug-likeness (QED) is 0.321. The molecule has 35 heavy (non-hydrogen) atoms. The molecule has 4 N–H and O–H groups in total. The number of nitrogens with one attached hydrogen (secondary N) is 2. The van der Waals surface area contributed by atoms with Gasteiger partial charge in [0.2, 0.25) is 5.95 Å². The van der Waals surface area contributed by atoms with Gasteiger partial charge in [-0.15, -0.1) is 0 Å². The van der Waals surface area contributed by atoms with Crippen LogP contribution >= 0.6 is 11.6 Å². The summed E-state index contributed by atoms with van der Waals surface area (Å²) in [6.45, 7) is 0. The lowest BCUT2D eigenvalue weighted by atomic mass is 9.92. The molecule has 9 heteroatoms. The van der Waals surface area contributed by atoms with Gasteiger partial charge in [0.1, 0.15) is 4.90 Å². The van der Waals surface area contributed by atoms with Crippen molar-refractivity contribution in [3.8, 4) is 11.1 Å². The molecule has 0 unspecified atom stereocenters. The predicted octanol–water partition coefficient (Wildman–Crippen LogP) is 5.43. The topological polar surface area (TPSA) is 110 Å². The molecule has 1 saturated carbocycles. The maximum Gasteiger partial charge on any atom is 0.263 e. The fourth-order valence-corrected chi connectivity index (χ4v) is 5.91. The summed E-state index contributed by atoms with van der Waals surface area (Å²) in [5, 5.41) is 4.55. The number of nitrogens with zero attached hydrogens (tertiary/aromatic N) is 2. The molecule has 180 valence electrons. The average Bonchev–Trinajstić information content (AvgIpc) is 2.85. The van der Waals surface area contributed by atoms with Gasteiger partial charge >= 0.3 is 0 Å². The van der Waals surface area contributed by atoms with Crippen LogP contribution in [0, 0.1) is 0 Å². The molecule has 4 aromatic rings. The van der Waals surface area contributed by atoms with Crippen molar-refractivity contribution in [1.29, 1.82) is 0 Å². The number of fused-ring (bicyclic) bond motifs is 1. The molecule has 1 aromatic heterocycles. The first-order valence-electron chi connectivity index (χ1n) is 11.5. The van der Waals surface area contributed by atoms with E-state index < -0.39 is 10.0 Å². The molecule has 7 nitrogen and oxygen atoms in total. The number of hydrogen-bond acceptors (Lipinski definition) is 6. The Hall–Kier alpha value is -3.20. The Balaban J connectivity index is 1.30. The van der Waals surface area contributed by atoms with E-state index in [-0.39, 0.29) is 9.92 Å². The number of aromatic nitrogens is 2. The molecule has 0 amide bonds. The Morgan fingerprint density at radius 2 is 1.63 bits per heavy atom. The van der Waals surface area contributed by atoms with E-state index in [4.69, 9.17) is 17.3 Å². The Morgan fingerprint density at radius 3 is 2.37 bits per heavy atom. The minimum atomic E-state index is -3.78. The van der Waals surface area contributed by atoms with Crippen molar-refractivity contribution in [3.63, 3.8) is 0 Å². The predicted molar refractivity (Wildman–Crippen MR) is 141 cm³/mol. The van der Waals surface area contributed by atoms with Crippen LogP contribution in [0.5, 0.6) is 0 Å². The van der Waals surface area contributed by atoms with Gasteiger partial charge < -0.3 is 11.1 Å². The second kappa shape index (κ2) is 9.81. The van der Waals surface area contributed by atoms with Crippen LogP contribution in [0.1, 0.15) is 25.7 Å². The van der Waals surface area contributed by atoms with Crippen molar-refractivity contribution in [2.24, 2.45) is 5.73 Å². The van der Waals surface area contributed by atoms with Gasteiger partial charge in [0, 0.05) is 29.4 Å². The van der Waals surface area contributed by atoms with E-state index in [9.17, 15) is 8.42 Å². The van der Waals surface area contributed by atoms with Crippen LogP contribution in [0.3, 0.4) is 0 Å². The van der Waals surface area contributed by atoms with Gasteiger partial charge in [0.25, 0.3) is 10.0 Å². The van der Waals surface area contributed by atoms with E-state index in [0.29, 0.717) is 23.7 Å². The minimum Gasteiger partial charge on any atom is -0.351 e. The number of anilines is 2. The van der Waals surface area contributed by atoms with Crippen LogP contribution in [-0.2, 0) is 10.0 Å². The van der Waals surface area contributed by atoms with E-state index in [1.54, 1.807) is 30.3 Å². The largest absolute Gasteiger partial charge is 0.351 e. The van der Waals surface area contributed by atoms with Gasteiger partial charge in [0.05, 0.1) is 10.5 Å². The van der Waals surface area contributed by atoms with Gasteiger partial charge in [-0.25, -0.2) is 18.4 Å². The first-order valence-corrected chi connectivity index (χ1v) is 13.4. The van der Waals surface area contributed by atoms with Crippen molar-refractivity contribution >= 4 is 44.2 Å². The van der Waals surface area contributed by atoms with Gasteiger partial charge in [0.15, 0.2) is 0 Å². The first kappa shape index (κ1) is 23.5. The molecule has 3 aromatic carbocycles. The lowest BCUT2D eigenvalue weighted by Crippen LogP contribution is -2.33. The number of benzene rings is 3.